The van der Waals surface area contributed by atoms with Gasteiger partial charge in [-0.15, -0.1) is 0 Å². The zero-order valence-electron chi connectivity index (χ0n) is 11.2. The number of nitrogens with zero attached hydrogens (tertiary/aromatic N) is 1. The van der Waals surface area contributed by atoms with Crippen LogP contribution in [0.4, 0.5) is 13.2 Å². The van der Waals surface area contributed by atoms with Crippen LogP contribution < -0.4 is 5.32 Å². The van der Waals surface area contributed by atoms with E-state index in [9.17, 15) is 18.0 Å². The molecule has 1 amide bonds. The summed E-state index contributed by atoms with van der Waals surface area (Å²) in [5.41, 5.74) is -0.135. The van der Waals surface area contributed by atoms with Gasteiger partial charge in [-0.2, -0.15) is 13.2 Å². The number of aromatic nitrogens is 1. The number of carbonyl (C=O) groups is 1. The van der Waals surface area contributed by atoms with E-state index in [2.05, 4.69) is 10.3 Å². The summed E-state index contributed by atoms with van der Waals surface area (Å²) >= 11 is 0. The maximum atomic E-state index is 12.7. The fraction of sp³-hybridized carbons (Fsp3) is 0.200. The molecule has 2 rings (SSSR count). The minimum absolute atomic E-state index is 0.219. The average Bonchev–Trinajstić information content (AvgIpc) is 2.47. The van der Waals surface area contributed by atoms with Gasteiger partial charge in [0, 0.05) is 6.20 Å². The average molecular weight is 294 g/mol. The zero-order valence-corrected chi connectivity index (χ0v) is 11.2. The number of amides is 1. The van der Waals surface area contributed by atoms with E-state index in [0.29, 0.717) is 5.56 Å². The van der Waals surface area contributed by atoms with Gasteiger partial charge in [-0.25, -0.2) is 0 Å². The van der Waals surface area contributed by atoms with Crippen molar-refractivity contribution >= 4 is 5.91 Å². The number of halogens is 3. The normalized spacial score (nSPS) is 12.8. The maximum absolute atomic E-state index is 12.7. The zero-order chi connectivity index (χ0) is 15.5. The highest BCUT2D eigenvalue weighted by Gasteiger charge is 2.30. The lowest BCUT2D eigenvalue weighted by atomic mass is 10.0. The van der Waals surface area contributed by atoms with Crippen molar-refractivity contribution < 1.29 is 18.0 Å². The molecule has 0 aliphatic carbocycles. The SMILES string of the molecule is C[C@@H](NC(=O)c1ccccn1)c1cccc(C(F)(F)F)c1. The van der Waals surface area contributed by atoms with Crippen molar-refractivity contribution in [3.05, 3.63) is 65.5 Å². The molecule has 1 aromatic carbocycles. The Kier molecular flexibility index (Phi) is 4.26. The Balaban J connectivity index is 2.14. The smallest absolute Gasteiger partial charge is 0.344 e. The van der Waals surface area contributed by atoms with Crippen LogP contribution in [-0.4, -0.2) is 10.9 Å². The lowest BCUT2D eigenvalue weighted by Gasteiger charge is -2.16. The Labute approximate surface area is 119 Å². The summed E-state index contributed by atoms with van der Waals surface area (Å²) in [6.45, 7) is 1.62. The van der Waals surface area contributed by atoms with Gasteiger partial charge in [-0.3, -0.25) is 9.78 Å². The highest BCUT2D eigenvalue weighted by Crippen LogP contribution is 2.30. The molecule has 0 saturated heterocycles. The third-order valence-corrected chi connectivity index (χ3v) is 2.96. The van der Waals surface area contributed by atoms with Crippen molar-refractivity contribution in [2.24, 2.45) is 0 Å². The fourth-order valence-corrected chi connectivity index (χ4v) is 1.84. The molecule has 21 heavy (non-hydrogen) atoms. The fourth-order valence-electron chi connectivity index (χ4n) is 1.84. The molecule has 0 unspecified atom stereocenters. The third-order valence-electron chi connectivity index (χ3n) is 2.96. The first-order valence-corrected chi connectivity index (χ1v) is 6.27. The Morgan fingerprint density at radius 2 is 1.95 bits per heavy atom. The van der Waals surface area contributed by atoms with Crippen molar-refractivity contribution in [2.45, 2.75) is 19.1 Å². The second-order valence-electron chi connectivity index (χ2n) is 4.53. The Morgan fingerprint density at radius 3 is 2.57 bits per heavy atom. The molecular formula is C15H13F3N2O. The predicted octanol–water partition coefficient (Wildman–Crippen LogP) is 3.59. The molecule has 0 fully saturated rings. The van der Waals surface area contributed by atoms with Crippen molar-refractivity contribution in [1.82, 2.24) is 10.3 Å². The maximum Gasteiger partial charge on any atom is 0.416 e. The predicted molar refractivity (Wildman–Crippen MR) is 71.6 cm³/mol. The van der Waals surface area contributed by atoms with Gasteiger partial charge >= 0.3 is 6.18 Å². The number of hydrogen-bond donors (Lipinski definition) is 1. The molecule has 1 heterocycles. The van der Waals surface area contributed by atoms with Crippen molar-refractivity contribution in [2.75, 3.05) is 0 Å². The molecule has 1 N–H and O–H groups in total. The second-order valence-corrected chi connectivity index (χ2v) is 4.53. The van der Waals surface area contributed by atoms with E-state index in [1.54, 1.807) is 25.1 Å². The van der Waals surface area contributed by atoms with Gasteiger partial charge in [0.25, 0.3) is 5.91 Å². The molecule has 0 aliphatic heterocycles. The van der Waals surface area contributed by atoms with Crippen LogP contribution in [0.25, 0.3) is 0 Å². The van der Waals surface area contributed by atoms with Crippen molar-refractivity contribution in [1.29, 1.82) is 0 Å². The van der Waals surface area contributed by atoms with Gasteiger partial charge in [-0.05, 0) is 36.8 Å². The van der Waals surface area contributed by atoms with Gasteiger partial charge < -0.3 is 5.32 Å². The molecular weight excluding hydrogens is 281 g/mol. The molecule has 110 valence electrons. The summed E-state index contributed by atoms with van der Waals surface area (Å²) in [5, 5.41) is 2.62. The molecule has 0 aliphatic rings. The molecule has 3 nitrogen and oxygen atoms in total. The minimum atomic E-state index is -4.40. The second kappa shape index (κ2) is 5.95. The molecule has 0 radical (unpaired) electrons. The number of benzene rings is 1. The van der Waals surface area contributed by atoms with Crippen LogP contribution in [0.2, 0.25) is 0 Å². The third kappa shape index (κ3) is 3.81. The van der Waals surface area contributed by atoms with E-state index in [1.165, 1.54) is 18.3 Å². The number of pyridine rings is 1. The summed E-state index contributed by atoms with van der Waals surface area (Å²) < 4.78 is 38.0. The Bertz CT molecular complexity index is 626. The van der Waals surface area contributed by atoms with Crippen LogP contribution in [0.1, 0.15) is 34.6 Å². The number of nitrogens with one attached hydrogen (secondary N) is 1. The quantitative estimate of drug-likeness (QED) is 0.940. The number of rotatable bonds is 3. The van der Waals surface area contributed by atoms with Gasteiger partial charge in [-0.1, -0.05) is 18.2 Å². The van der Waals surface area contributed by atoms with Crippen LogP contribution in [0.15, 0.2) is 48.7 Å². The van der Waals surface area contributed by atoms with E-state index in [1.807, 2.05) is 0 Å². The first kappa shape index (κ1) is 15.0. The summed E-state index contributed by atoms with van der Waals surface area (Å²) in [6, 6.07) is 9.21. The van der Waals surface area contributed by atoms with Crippen LogP contribution in [0.3, 0.4) is 0 Å². The van der Waals surface area contributed by atoms with E-state index < -0.39 is 23.7 Å². The summed E-state index contributed by atoms with van der Waals surface area (Å²) in [5.74, 6) is -0.430. The monoisotopic (exact) mass is 294 g/mol. The van der Waals surface area contributed by atoms with Crippen molar-refractivity contribution in [3.63, 3.8) is 0 Å². The van der Waals surface area contributed by atoms with E-state index >= 15 is 0 Å². The van der Waals surface area contributed by atoms with Gasteiger partial charge in [0.05, 0.1) is 11.6 Å². The number of carbonyl (C=O) groups excluding carboxylic acids is 1. The molecule has 1 atom stereocenters. The molecule has 6 heteroatoms. The largest absolute Gasteiger partial charge is 0.416 e. The number of alkyl halides is 3. The van der Waals surface area contributed by atoms with Crippen LogP contribution in [0, 0.1) is 0 Å². The van der Waals surface area contributed by atoms with Crippen LogP contribution in [-0.2, 0) is 6.18 Å². The molecule has 0 bridgehead atoms. The van der Waals surface area contributed by atoms with Crippen molar-refractivity contribution in [3.8, 4) is 0 Å². The topological polar surface area (TPSA) is 42.0 Å². The van der Waals surface area contributed by atoms with Crippen LogP contribution in [0.5, 0.6) is 0 Å². The summed E-state index contributed by atoms with van der Waals surface area (Å²) in [7, 11) is 0. The van der Waals surface area contributed by atoms with E-state index in [4.69, 9.17) is 0 Å². The molecule has 0 spiro atoms. The Morgan fingerprint density at radius 1 is 1.19 bits per heavy atom. The first-order valence-electron chi connectivity index (χ1n) is 6.27. The highest BCUT2D eigenvalue weighted by atomic mass is 19.4. The van der Waals surface area contributed by atoms with Gasteiger partial charge in [0.2, 0.25) is 0 Å². The van der Waals surface area contributed by atoms with Crippen LogP contribution >= 0.6 is 0 Å². The number of hydrogen-bond acceptors (Lipinski definition) is 2. The Hall–Kier alpha value is -2.37. The van der Waals surface area contributed by atoms with E-state index in [0.717, 1.165) is 12.1 Å². The molecule has 0 saturated carbocycles. The molecule has 1 aromatic heterocycles. The highest BCUT2D eigenvalue weighted by molar-refractivity contribution is 5.92. The van der Waals surface area contributed by atoms with Gasteiger partial charge in [0.1, 0.15) is 5.69 Å². The minimum Gasteiger partial charge on any atom is -0.344 e. The summed E-state index contributed by atoms with van der Waals surface area (Å²) in [4.78, 5) is 15.8. The lowest BCUT2D eigenvalue weighted by Crippen LogP contribution is -2.27. The van der Waals surface area contributed by atoms with E-state index in [-0.39, 0.29) is 5.69 Å². The first-order chi connectivity index (χ1) is 9.88. The summed E-state index contributed by atoms with van der Waals surface area (Å²) in [6.07, 6.45) is -2.93. The van der Waals surface area contributed by atoms with Gasteiger partial charge in [0.15, 0.2) is 0 Å². The molecule has 2 aromatic rings. The standard InChI is InChI=1S/C15H13F3N2O/c1-10(20-14(21)13-7-2-3-8-19-13)11-5-4-6-12(9-11)15(16,17)18/h2-10H,1H3,(H,20,21)/t10-/m1/s1. The lowest BCUT2D eigenvalue weighted by molar-refractivity contribution is -0.137.